The average molecular weight is 338 g/mol. The van der Waals surface area contributed by atoms with E-state index >= 15 is 0 Å². The quantitative estimate of drug-likeness (QED) is 0.869. The molecule has 6 heteroatoms. The lowest BCUT2D eigenvalue weighted by Crippen LogP contribution is -2.37. The third-order valence-electron chi connectivity index (χ3n) is 4.20. The second-order valence-electron chi connectivity index (χ2n) is 5.93. The molecule has 0 aliphatic carbocycles. The topological polar surface area (TPSA) is 75.7 Å². The third-order valence-corrected chi connectivity index (χ3v) is 4.20. The van der Waals surface area contributed by atoms with Crippen molar-refractivity contribution in [1.82, 2.24) is 4.90 Å². The summed E-state index contributed by atoms with van der Waals surface area (Å²) in [5.74, 6) is -0.588. The van der Waals surface area contributed by atoms with Crippen LogP contribution in [0.3, 0.4) is 0 Å². The number of methoxy groups -OCH3 is 1. The van der Waals surface area contributed by atoms with Gasteiger partial charge in [-0.15, -0.1) is 0 Å². The number of nitrogens with zero attached hydrogens (tertiary/aromatic N) is 1. The molecule has 3 amide bonds. The SMILES string of the molecule is COc1cc(C)c(NC(=O)CN2C(=O)c3ccccc3C2=O)cc1C. The highest BCUT2D eigenvalue weighted by Crippen LogP contribution is 2.26. The summed E-state index contributed by atoms with van der Waals surface area (Å²) in [7, 11) is 1.59. The molecule has 25 heavy (non-hydrogen) atoms. The van der Waals surface area contributed by atoms with E-state index in [1.807, 2.05) is 19.9 Å². The van der Waals surface area contributed by atoms with E-state index in [0.29, 0.717) is 16.8 Å². The summed E-state index contributed by atoms with van der Waals surface area (Å²) in [5.41, 5.74) is 3.00. The maximum absolute atomic E-state index is 12.3. The van der Waals surface area contributed by atoms with Gasteiger partial charge in [-0.2, -0.15) is 0 Å². The van der Waals surface area contributed by atoms with Gasteiger partial charge in [-0.3, -0.25) is 19.3 Å². The van der Waals surface area contributed by atoms with Crippen molar-refractivity contribution >= 4 is 23.4 Å². The number of amides is 3. The second kappa shape index (κ2) is 6.39. The van der Waals surface area contributed by atoms with Gasteiger partial charge >= 0.3 is 0 Å². The number of aryl methyl sites for hydroxylation is 2. The van der Waals surface area contributed by atoms with Gasteiger partial charge in [-0.25, -0.2) is 0 Å². The van der Waals surface area contributed by atoms with Crippen LogP contribution in [0, 0.1) is 13.8 Å². The zero-order valence-electron chi connectivity index (χ0n) is 14.3. The molecule has 0 spiro atoms. The maximum Gasteiger partial charge on any atom is 0.262 e. The Bertz CT molecular complexity index is 854. The van der Waals surface area contributed by atoms with Gasteiger partial charge in [0, 0.05) is 5.69 Å². The monoisotopic (exact) mass is 338 g/mol. The van der Waals surface area contributed by atoms with Crippen LogP contribution in [-0.4, -0.2) is 36.3 Å². The van der Waals surface area contributed by atoms with Gasteiger partial charge in [-0.1, -0.05) is 12.1 Å². The van der Waals surface area contributed by atoms with E-state index in [2.05, 4.69) is 5.32 Å². The van der Waals surface area contributed by atoms with Crippen LogP contribution in [0.4, 0.5) is 5.69 Å². The van der Waals surface area contributed by atoms with Crippen molar-refractivity contribution in [3.63, 3.8) is 0 Å². The van der Waals surface area contributed by atoms with Crippen LogP contribution in [0.15, 0.2) is 36.4 Å². The maximum atomic E-state index is 12.3. The van der Waals surface area contributed by atoms with Gasteiger partial charge in [0.15, 0.2) is 0 Å². The Kier molecular flexibility index (Phi) is 4.27. The highest BCUT2D eigenvalue weighted by atomic mass is 16.5. The number of anilines is 1. The number of hydrogen-bond donors (Lipinski definition) is 1. The van der Waals surface area contributed by atoms with E-state index in [-0.39, 0.29) is 6.54 Å². The van der Waals surface area contributed by atoms with Crippen LogP contribution in [-0.2, 0) is 4.79 Å². The highest BCUT2D eigenvalue weighted by Gasteiger charge is 2.36. The summed E-state index contributed by atoms with van der Waals surface area (Å²) >= 11 is 0. The summed E-state index contributed by atoms with van der Waals surface area (Å²) < 4.78 is 5.25. The van der Waals surface area contributed by atoms with E-state index in [1.165, 1.54) is 0 Å². The minimum absolute atomic E-state index is 0.323. The number of ether oxygens (including phenoxy) is 1. The lowest BCUT2D eigenvalue weighted by atomic mass is 10.1. The molecule has 0 atom stereocenters. The minimum Gasteiger partial charge on any atom is -0.496 e. The van der Waals surface area contributed by atoms with Crippen LogP contribution in [0.5, 0.6) is 5.75 Å². The number of benzene rings is 2. The van der Waals surface area contributed by atoms with Crippen LogP contribution in [0.25, 0.3) is 0 Å². The first kappa shape index (κ1) is 16.7. The van der Waals surface area contributed by atoms with Crippen molar-refractivity contribution in [3.8, 4) is 5.75 Å². The van der Waals surface area contributed by atoms with Crippen LogP contribution in [0.2, 0.25) is 0 Å². The number of fused-ring (bicyclic) bond motifs is 1. The first-order chi connectivity index (χ1) is 11.9. The molecule has 0 saturated carbocycles. The van der Waals surface area contributed by atoms with E-state index in [1.54, 1.807) is 37.4 Å². The molecular weight excluding hydrogens is 320 g/mol. The summed E-state index contributed by atoms with van der Waals surface area (Å²) in [5, 5.41) is 2.76. The number of rotatable bonds is 4. The Balaban J connectivity index is 1.75. The normalized spacial score (nSPS) is 13.0. The molecule has 1 N–H and O–H groups in total. The van der Waals surface area contributed by atoms with Crippen LogP contribution >= 0.6 is 0 Å². The third kappa shape index (κ3) is 2.98. The van der Waals surface area contributed by atoms with Crippen molar-refractivity contribution in [2.75, 3.05) is 19.0 Å². The van der Waals surface area contributed by atoms with Crippen LogP contribution in [0.1, 0.15) is 31.8 Å². The molecule has 3 rings (SSSR count). The zero-order chi connectivity index (χ0) is 18.1. The summed E-state index contributed by atoms with van der Waals surface area (Å²) in [6.45, 7) is 3.40. The van der Waals surface area contributed by atoms with E-state index in [0.717, 1.165) is 21.8 Å². The molecule has 2 aromatic carbocycles. The molecule has 0 fully saturated rings. The molecule has 2 aromatic rings. The fraction of sp³-hybridized carbons (Fsp3) is 0.211. The molecule has 1 heterocycles. The standard InChI is InChI=1S/C19H18N2O4/c1-11-9-16(25-3)12(2)8-15(11)20-17(22)10-21-18(23)13-6-4-5-7-14(13)19(21)24/h4-9H,10H2,1-3H3,(H,20,22). The van der Waals surface area contributed by atoms with Gasteiger partial charge in [0.05, 0.1) is 18.2 Å². The Morgan fingerprint density at radius 1 is 1.04 bits per heavy atom. The molecule has 0 unspecified atom stereocenters. The Hall–Kier alpha value is -3.15. The zero-order valence-corrected chi connectivity index (χ0v) is 14.3. The van der Waals surface area contributed by atoms with E-state index in [9.17, 15) is 14.4 Å². The van der Waals surface area contributed by atoms with Gasteiger partial charge in [0.25, 0.3) is 11.8 Å². The number of nitrogens with one attached hydrogen (secondary N) is 1. The molecule has 128 valence electrons. The molecular formula is C19H18N2O4. The number of imide groups is 1. The predicted molar refractivity (Wildman–Crippen MR) is 92.9 cm³/mol. The van der Waals surface area contributed by atoms with Crippen LogP contribution < -0.4 is 10.1 Å². The van der Waals surface area contributed by atoms with Gasteiger partial charge in [-0.05, 0) is 49.2 Å². The van der Waals surface area contributed by atoms with E-state index in [4.69, 9.17) is 4.74 Å². The van der Waals surface area contributed by atoms with Gasteiger partial charge in [0.2, 0.25) is 5.91 Å². The number of carbonyl (C=O) groups excluding carboxylic acids is 3. The lowest BCUT2D eigenvalue weighted by Gasteiger charge is -2.16. The van der Waals surface area contributed by atoms with Crippen molar-refractivity contribution in [2.24, 2.45) is 0 Å². The Morgan fingerprint density at radius 3 is 2.20 bits per heavy atom. The first-order valence-corrected chi connectivity index (χ1v) is 7.82. The second-order valence-corrected chi connectivity index (χ2v) is 5.93. The Morgan fingerprint density at radius 2 is 1.64 bits per heavy atom. The fourth-order valence-corrected chi connectivity index (χ4v) is 2.86. The first-order valence-electron chi connectivity index (χ1n) is 7.82. The Labute approximate surface area is 145 Å². The van der Waals surface area contributed by atoms with E-state index < -0.39 is 17.7 Å². The summed E-state index contributed by atoms with van der Waals surface area (Å²) in [6, 6.07) is 10.2. The fourth-order valence-electron chi connectivity index (χ4n) is 2.86. The smallest absolute Gasteiger partial charge is 0.262 e. The van der Waals surface area contributed by atoms with Crippen molar-refractivity contribution in [3.05, 3.63) is 58.7 Å². The summed E-state index contributed by atoms with van der Waals surface area (Å²) in [6.07, 6.45) is 0. The molecule has 0 bridgehead atoms. The largest absolute Gasteiger partial charge is 0.496 e. The molecule has 1 aliphatic rings. The predicted octanol–water partition coefficient (Wildman–Crippen LogP) is 2.55. The van der Waals surface area contributed by atoms with Crippen molar-refractivity contribution in [2.45, 2.75) is 13.8 Å². The molecule has 0 saturated heterocycles. The molecule has 0 aromatic heterocycles. The lowest BCUT2D eigenvalue weighted by molar-refractivity contribution is -0.116. The molecule has 6 nitrogen and oxygen atoms in total. The van der Waals surface area contributed by atoms with Gasteiger partial charge in [0.1, 0.15) is 12.3 Å². The number of hydrogen-bond acceptors (Lipinski definition) is 4. The van der Waals surface area contributed by atoms with Crippen molar-refractivity contribution < 1.29 is 19.1 Å². The van der Waals surface area contributed by atoms with Crippen molar-refractivity contribution in [1.29, 1.82) is 0 Å². The minimum atomic E-state index is -0.446. The molecule has 0 radical (unpaired) electrons. The highest BCUT2D eigenvalue weighted by molar-refractivity contribution is 6.22. The summed E-state index contributed by atoms with van der Waals surface area (Å²) in [4.78, 5) is 37.9. The van der Waals surface area contributed by atoms with Gasteiger partial charge < -0.3 is 10.1 Å². The molecule has 1 aliphatic heterocycles. The number of carbonyl (C=O) groups is 3. The average Bonchev–Trinajstić information content (AvgIpc) is 2.83.